The zero-order valence-corrected chi connectivity index (χ0v) is 17.8. The summed E-state index contributed by atoms with van der Waals surface area (Å²) in [6.45, 7) is 1.06. The molecular weight excluding hydrogens is 406 g/mol. The van der Waals surface area contributed by atoms with Crippen molar-refractivity contribution in [3.05, 3.63) is 30.4 Å². The fourth-order valence-electron chi connectivity index (χ4n) is 4.50. The average Bonchev–Trinajstić information content (AvgIpc) is 3.36. The third-order valence-electron chi connectivity index (χ3n) is 5.98. The first kappa shape index (κ1) is 20.9. The molecule has 1 aliphatic carbocycles. The first-order valence-electron chi connectivity index (χ1n) is 10.4. The van der Waals surface area contributed by atoms with E-state index in [4.69, 9.17) is 4.52 Å². The van der Waals surface area contributed by atoms with E-state index in [0.717, 1.165) is 31.2 Å². The molecule has 4 rings (SSSR count). The van der Waals surface area contributed by atoms with Gasteiger partial charge < -0.3 is 9.84 Å². The van der Waals surface area contributed by atoms with Crippen LogP contribution in [0.3, 0.4) is 0 Å². The number of rotatable bonds is 3. The molecule has 1 N–H and O–H groups in total. The van der Waals surface area contributed by atoms with E-state index >= 15 is 0 Å². The van der Waals surface area contributed by atoms with E-state index in [2.05, 4.69) is 20.4 Å². The van der Waals surface area contributed by atoms with Gasteiger partial charge in [0.05, 0.1) is 12.2 Å². The van der Waals surface area contributed by atoms with Crippen molar-refractivity contribution in [3.63, 3.8) is 0 Å². The molecule has 3 atom stereocenters. The maximum atomic E-state index is 12.9. The predicted octanol–water partition coefficient (Wildman–Crippen LogP) is 1.95. The number of aromatic nitrogens is 3. The molecular formula is C20H27N5O4S. The Morgan fingerprint density at radius 2 is 2.03 bits per heavy atom. The molecule has 0 bridgehead atoms. The van der Waals surface area contributed by atoms with Crippen molar-refractivity contribution >= 4 is 15.9 Å². The lowest BCUT2D eigenvalue weighted by molar-refractivity contribution is -0.125. The molecule has 2 fully saturated rings. The number of nitrogens with one attached hydrogen (secondary N) is 1. The van der Waals surface area contributed by atoms with Crippen LogP contribution in [0.5, 0.6) is 0 Å². The number of pyridine rings is 1. The summed E-state index contributed by atoms with van der Waals surface area (Å²) in [4.78, 5) is 21.5. The van der Waals surface area contributed by atoms with Gasteiger partial charge in [0.15, 0.2) is 0 Å². The number of carbonyl (C=O) groups is 1. The lowest BCUT2D eigenvalue weighted by Crippen LogP contribution is -2.46. The molecule has 2 aliphatic rings. The van der Waals surface area contributed by atoms with Gasteiger partial charge in [0.25, 0.3) is 0 Å². The maximum absolute atomic E-state index is 12.9. The summed E-state index contributed by atoms with van der Waals surface area (Å²) in [5, 5.41) is 7.05. The van der Waals surface area contributed by atoms with E-state index in [1.54, 1.807) is 18.5 Å². The lowest BCUT2D eigenvalue weighted by atomic mass is 10.0. The van der Waals surface area contributed by atoms with Crippen LogP contribution in [-0.2, 0) is 14.8 Å². The zero-order chi connectivity index (χ0) is 21.1. The number of hydrogen-bond donors (Lipinski definition) is 1. The molecule has 162 valence electrons. The number of sulfonamides is 1. The van der Waals surface area contributed by atoms with Crippen LogP contribution in [0, 0.1) is 5.92 Å². The lowest BCUT2D eigenvalue weighted by Gasteiger charge is -2.30. The molecule has 9 nitrogen and oxygen atoms in total. The normalized spacial score (nSPS) is 26.6. The topological polar surface area (TPSA) is 118 Å². The summed E-state index contributed by atoms with van der Waals surface area (Å²) >= 11 is 0. The quantitative estimate of drug-likeness (QED) is 0.786. The first-order valence-corrected chi connectivity index (χ1v) is 12.3. The fraction of sp³-hybridized carbons (Fsp3) is 0.600. The molecule has 10 heteroatoms. The second-order valence-electron chi connectivity index (χ2n) is 8.12. The predicted molar refractivity (Wildman–Crippen MR) is 110 cm³/mol. The van der Waals surface area contributed by atoms with Crippen LogP contribution in [0.25, 0.3) is 11.4 Å². The SMILES string of the molecule is CS(=O)(=O)N1CCCCCCNC(=O)[C@@H]2C[C@@H](c3nc(-c4cccnc4)no3)C[C@@H]21. The molecule has 3 heterocycles. The van der Waals surface area contributed by atoms with E-state index in [9.17, 15) is 13.2 Å². The van der Waals surface area contributed by atoms with Crippen LogP contribution in [0.2, 0.25) is 0 Å². The van der Waals surface area contributed by atoms with Crippen LogP contribution in [-0.4, -0.2) is 59.1 Å². The Bertz CT molecular complexity index is 978. The molecule has 0 spiro atoms. The smallest absolute Gasteiger partial charge is 0.230 e. The third-order valence-corrected chi connectivity index (χ3v) is 7.28. The van der Waals surface area contributed by atoms with E-state index in [1.807, 2.05) is 6.07 Å². The molecule has 0 radical (unpaired) electrons. The highest BCUT2D eigenvalue weighted by Crippen LogP contribution is 2.42. The molecule has 1 amide bonds. The van der Waals surface area contributed by atoms with E-state index in [1.165, 1.54) is 10.6 Å². The minimum atomic E-state index is -3.45. The Kier molecular flexibility index (Phi) is 6.14. The molecule has 1 aliphatic heterocycles. The van der Waals surface area contributed by atoms with Gasteiger partial charge in [0.1, 0.15) is 0 Å². The third kappa shape index (κ3) is 4.54. The summed E-state index contributed by atoms with van der Waals surface area (Å²) in [7, 11) is -3.45. The van der Waals surface area contributed by atoms with Crippen LogP contribution in [0.4, 0.5) is 0 Å². The average molecular weight is 434 g/mol. The van der Waals surface area contributed by atoms with E-state index in [0.29, 0.717) is 37.6 Å². The molecule has 2 aromatic heterocycles. The monoisotopic (exact) mass is 433 g/mol. The number of amides is 1. The Morgan fingerprint density at radius 1 is 1.20 bits per heavy atom. The van der Waals surface area contributed by atoms with Crippen molar-refractivity contribution in [2.75, 3.05) is 19.3 Å². The van der Waals surface area contributed by atoms with Gasteiger partial charge >= 0.3 is 0 Å². The largest absolute Gasteiger partial charge is 0.356 e. The van der Waals surface area contributed by atoms with Crippen molar-refractivity contribution in [2.24, 2.45) is 5.92 Å². The number of hydrogen-bond acceptors (Lipinski definition) is 7. The molecule has 1 saturated heterocycles. The van der Waals surface area contributed by atoms with Crippen molar-refractivity contribution < 1.29 is 17.7 Å². The van der Waals surface area contributed by atoms with Crippen molar-refractivity contribution in [3.8, 4) is 11.4 Å². The van der Waals surface area contributed by atoms with Crippen molar-refractivity contribution in [2.45, 2.75) is 50.5 Å². The Labute approximate surface area is 176 Å². The van der Waals surface area contributed by atoms with E-state index < -0.39 is 22.0 Å². The Morgan fingerprint density at radius 3 is 2.80 bits per heavy atom. The second kappa shape index (κ2) is 8.81. The number of carbonyl (C=O) groups excluding carboxylic acids is 1. The molecule has 1 saturated carbocycles. The van der Waals surface area contributed by atoms with Crippen LogP contribution in [0.15, 0.2) is 29.0 Å². The molecule has 0 aromatic carbocycles. The summed E-state index contributed by atoms with van der Waals surface area (Å²) in [5.74, 6) is 0.184. The number of fused-ring (bicyclic) bond motifs is 1. The minimum Gasteiger partial charge on any atom is -0.356 e. The Balaban J connectivity index is 1.61. The highest BCUT2D eigenvalue weighted by Gasteiger charge is 2.46. The van der Waals surface area contributed by atoms with E-state index in [-0.39, 0.29) is 11.8 Å². The van der Waals surface area contributed by atoms with Crippen LogP contribution >= 0.6 is 0 Å². The Hall–Kier alpha value is -2.33. The summed E-state index contributed by atoms with van der Waals surface area (Å²) in [6, 6.07) is 3.24. The summed E-state index contributed by atoms with van der Waals surface area (Å²) < 4.78 is 32.1. The maximum Gasteiger partial charge on any atom is 0.230 e. The summed E-state index contributed by atoms with van der Waals surface area (Å²) in [6.07, 6.45) is 9.15. The molecule has 30 heavy (non-hydrogen) atoms. The zero-order valence-electron chi connectivity index (χ0n) is 17.0. The van der Waals surface area contributed by atoms with Crippen LogP contribution < -0.4 is 5.32 Å². The van der Waals surface area contributed by atoms with Gasteiger partial charge in [-0.2, -0.15) is 9.29 Å². The second-order valence-corrected chi connectivity index (χ2v) is 10.1. The van der Waals surface area contributed by atoms with Crippen LogP contribution in [0.1, 0.15) is 50.3 Å². The van der Waals surface area contributed by atoms with Gasteiger partial charge in [-0.15, -0.1) is 0 Å². The molecule has 2 aromatic rings. The van der Waals surface area contributed by atoms with Gasteiger partial charge in [0.2, 0.25) is 27.6 Å². The minimum absolute atomic E-state index is 0.0925. The molecule has 0 unspecified atom stereocenters. The highest BCUT2D eigenvalue weighted by molar-refractivity contribution is 7.88. The highest BCUT2D eigenvalue weighted by atomic mass is 32.2. The standard InChI is InChI=1S/C20H27N5O4S/c1-30(27,28)25-10-5-3-2-4-9-22-19(26)16-11-15(12-17(16)25)20-23-18(24-29-20)14-7-6-8-21-13-14/h6-8,13,15-17H,2-5,9-12H2,1H3,(H,22,26)/t15-,16-,17+/m1/s1. The van der Waals surface area contributed by atoms with Gasteiger partial charge in [-0.25, -0.2) is 8.42 Å². The van der Waals surface area contributed by atoms with Gasteiger partial charge in [-0.1, -0.05) is 18.0 Å². The first-order chi connectivity index (χ1) is 14.4. The number of nitrogens with zero attached hydrogens (tertiary/aromatic N) is 4. The van der Waals surface area contributed by atoms with Gasteiger partial charge in [-0.3, -0.25) is 9.78 Å². The summed E-state index contributed by atoms with van der Waals surface area (Å²) in [5.41, 5.74) is 0.747. The van der Waals surface area contributed by atoms with Crippen molar-refractivity contribution in [1.82, 2.24) is 24.7 Å². The van der Waals surface area contributed by atoms with Gasteiger partial charge in [-0.05, 0) is 37.8 Å². The van der Waals surface area contributed by atoms with Gasteiger partial charge in [0, 0.05) is 43.0 Å². The van der Waals surface area contributed by atoms with Crippen molar-refractivity contribution in [1.29, 1.82) is 0 Å². The fourth-order valence-corrected chi connectivity index (χ4v) is 5.68.